The second kappa shape index (κ2) is 11.3. The van der Waals surface area contributed by atoms with E-state index in [0.29, 0.717) is 29.1 Å². The van der Waals surface area contributed by atoms with E-state index in [0.717, 1.165) is 69.1 Å². The number of aliphatic hydroxyl groups excluding tert-OH is 1. The van der Waals surface area contributed by atoms with E-state index in [1.807, 2.05) is 6.07 Å². The van der Waals surface area contributed by atoms with Crippen molar-refractivity contribution in [3.63, 3.8) is 0 Å². The fourth-order valence-electron chi connectivity index (χ4n) is 6.46. The fraction of sp³-hybridized carbons (Fsp3) is 0.600. The third-order valence-electron chi connectivity index (χ3n) is 9.21. The third-order valence-corrected chi connectivity index (χ3v) is 10.8. The molecule has 42 heavy (non-hydrogen) atoms. The minimum Gasteiger partial charge on any atom is -0.395 e. The highest BCUT2D eigenvalue weighted by molar-refractivity contribution is 7.89. The second-order valence-corrected chi connectivity index (χ2v) is 14.2. The summed E-state index contributed by atoms with van der Waals surface area (Å²) in [5.41, 5.74) is 3.69. The average Bonchev–Trinajstić information content (AvgIpc) is 3.62. The number of hydrogen-bond acceptors (Lipinski definition) is 9. The van der Waals surface area contributed by atoms with Crippen molar-refractivity contribution >= 4 is 38.9 Å². The van der Waals surface area contributed by atoms with Crippen molar-refractivity contribution in [2.24, 2.45) is 5.41 Å². The molecule has 0 bridgehead atoms. The summed E-state index contributed by atoms with van der Waals surface area (Å²) < 4.78 is 34.5. The first kappa shape index (κ1) is 29.2. The molecule has 6 rings (SSSR count). The molecule has 1 aromatic carbocycles. The van der Waals surface area contributed by atoms with Gasteiger partial charge >= 0.3 is 0 Å². The van der Waals surface area contributed by atoms with Crippen LogP contribution in [0.5, 0.6) is 0 Å². The van der Waals surface area contributed by atoms with Crippen molar-refractivity contribution in [1.29, 1.82) is 0 Å². The Morgan fingerprint density at radius 2 is 1.90 bits per heavy atom. The monoisotopic (exact) mass is 598 g/mol. The zero-order valence-electron chi connectivity index (χ0n) is 24.7. The van der Waals surface area contributed by atoms with Crippen LogP contribution in [0.15, 0.2) is 29.2 Å². The maximum atomic E-state index is 13.9. The van der Waals surface area contributed by atoms with Gasteiger partial charge < -0.3 is 29.9 Å². The number of fused-ring (bicyclic) bond motifs is 1. The van der Waals surface area contributed by atoms with Gasteiger partial charge in [-0.15, -0.1) is 0 Å². The molecule has 228 valence electrons. The maximum Gasteiger partial charge on any atom is 0.258 e. The first-order valence-corrected chi connectivity index (χ1v) is 16.5. The lowest BCUT2D eigenvalue weighted by Gasteiger charge is -2.35. The lowest BCUT2D eigenvalue weighted by molar-refractivity contribution is 0.0530. The highest BCUT2D eigenvalue weighted by Gasteiger charge is 2.44. The largest absolute Gasteiger partial charge is 0.395 e. The van der Waals surface area contributed by atoms with Gasteiger partial charge in [-0.05, 0) is 81.2 Å². The molecule has 2 atom stereocenters. The number of rotatable bonds is 8. The Kier molecular flexibility index (Phi) is 7.84. The van der Waals surface area contributed by atoms with E-state index in [-0.39, 0.29) is 23.5 Å². The first-order valence-electron chi connectivity index (χ1n) is 15.0. The van der Waals surface area contributed by atoms with Gasteiger partial charge in [0.1, 0.15) is 5.82 Å². The Morgan fingerprint density at radius 1 is 1.14 bits per heavy atom. The van der Waals surface area contributed by atoms with Crippen LogP contribution in [-0.4, -0.2) is 89.5 Å². The van der Waals surface area contributed by atoms with Crippen LogP contribution in [0.4, 0.5) is 23.0 Å². The number of carbonyl (C=O) groups is 1. The first-order chi connectivity index (χ1) is 20.1. The van der Waals surface area contributed by atoms with Gasteiger partial charge in [-0.25, -0.2) is 18.1 Å². The van der Waals surface area contributed by atoms with Crippen molar-refractivity contribution in [3.8, 4) is 0 Å². The molecule has 0 unspecified atom stereocenters. The number of anilines is 4. The van der Waals surface area contributed by atoms with Crippen LogP contribution in [0.2, 0.25) is 0 Å². The zero-order chi connectivity index (χ0) is 29.6. The molecule has 1 saturated carbocycles. The zero-order valence-corrected chi connectivity index (χ0v) is 25.5. The highest BCUT2D eigenvalue weighted by atomic mass is 32.2. The van der Waals surface area contributed by atoms with Crippen LogP contribution in [0, 0.1) is 5.41 Å². The molecule has 11 nitrogen and oxygen atoms in total. The van der Waals surface area contributed by atoms with E-state index in [1.165, 1.54) is 18.9 Å². The molecular weight excluding hydrogens is 556 g/mol. The van der Waals surface area contributed by atoms with E-state index in [9.17, 15) is 18.3 Å². The minimum absolute atomic E-state index is 0.0727. The number of hydrogen-bond donors (Lipinski definition) is 3. The van der Waals surface area contributed by atoms with Crippen LogP contribution < -0.4 is 24.7 Å². The number of benzene rings is 1. The van der Waals surface area contributed by atoms with Crippen LogP contribution in [0.3, 0.4) is 0 Å². The van der Waals surface area contributed by atoms with Gasteiger partial charge in [0, 0.05) is 45.8 Å². The number of nitrogens with one attached hydrogen (secondary N) is 2. The van der Waals surface area contributed by atoms with Crippen LogP contribution in [0.25, 0.3) is 0 Å². The summed E-state index contributed by atoms with van der Waals surface area (Å²) >= 11 is 0. The summed E-state index contributed by atoms with van der Waals surface area (Å²) in [5.74, 6) is 1.02. The van der Waals surface area contributed by atoms with Crippen LogP contribution in [-0.2, 0) is 21.2 Å². The van der Waals surface area contributed by atoms with Gasteiger partial charge in [0.15, 0.2) is 5.82 Å². The Morgan fingerprint density at radius 3 is 2.60 bits per heavy atom. The number of amides is 1. The molecule has 2 saturated heterocycles. The van der Waals surface area contributed by atoms with E-state index < -0.39 is 16.1 Å². The number of piperidine rings is 1. The number of aromatic nitrogens is 1. The smallest absolute Gasteiger partial charge is 0.258 e. The van der Waals surface area contributed by atoms with Crippen molar-refractivity contribution in [3.05, 3.63) is 35.4 Å². The van der Waals surface area contributed by atoms with Gasteiger partial charge in [-0.2, -0.15) is 0 Å². The van der Waals surface area contributed by atoms with Gasteiger partial charge in [0.25, 0.3) is 5.91 Å². The van der Waals surface area contributed by atoms with E-state index in [4.69, 9.17) is 9.72 Å². The number of aliphatic hydroxyl groups is 1. The third kappa shape index (κ3) is 5.82. The second-order valence-electron chi connectivity index (χ2n) is 12.5. The summed E-state index contributed by atoms with van der Waals surface area (Å²) in [4.78, 5) is 25.5. The molecule has 2 aromatic rings. The highest BCUT2D eigenvalue weighted by Crippen LogP contribution is 2.54. The molecule has 4 heterocycles. The molecule has 3 aliphatic heterocycles. The lowest BCUT2D eigenvalue weighted by Crippen LogP contribution is -2.42. The predicted octanol–water partition coefficient (Wildman–Crippen LogP) is 2.59. The van der Waals surface area contributed by atoms with E-state index in [2.05, 4.69) is 38.7 Å². The normalized spacial score (nSPS) is 22.3. The molecule has 0 radical (unpaired) electrons. The topological polar surface area (TPSA) is 127 Å². The van der Waals surface area contributed by atoms with E-state index >= 15 is 0 Å². The summed E-state index contributed by atoms with van der Waals surface area (Å²) in [6.45, 7) is 7.86. The van der Waals surface area contributed by atoms with Crippen LogP contribution in [0.1, 0.15) is 55.5 Å². The Balaban J connectivity index is 1.32. The molecule has 1 aliphatic carbocycles. The molecule has 1 aromatic heterocycles. The maximum absolute atomic E-state index is 13.9. The van der Waals surface area contributed by atoms with Gasteiger partial charge in [-0.1, -0.05) is 0 Å². The van der Waals surface area contributed by atoms with Crippen molar-refractivity contribution in [2.45, 2.75) is 63.0 Å². The molecule has 3 N–H and O–H groups in total. The Labute approximate surface area is 248 Å². The Hall–Kier alpha value is -2.93. The lowest BCUT2D eigenvalue weighted by atomic mass is 9.93. The predicted molar refractivity (Wildman–Crippen MR) is 163 cm³/mol. The Bertz CT molecular complexity index is 1450. The summed E-state index contributed by atoms with van der Waals surface area (Å²) in [7, 11) is -1.81. The number of morpholine rings is 1. The van der Waals surface area contributed by atoms with Crippen molar-refractivity contribution < 1.29 is 23.1 Å². The minimum atomic E-state index is -3.88. The number of nitrogens with zero attached hydrogens (tertiary/aromatic N) is 4. The molecule has 12 heteroatoms. The summed E-state index contributed by atoms with van der Waals surface area (Å²) in [6, 6.07) is 5.98. The van der Waals surface area contributed by atoms with Crippen molar-refractivity contribution in [2.75, 3.05) is 73.0 Å². The van der Waals surface area contributed by atoms with Crippen LogP contribution >= 0.6 is 0 Å². The van der Waals surface area contributed by atoms with Crippen molar-refractivity contribution in [1.82, 2.24) is 9.71 Å². The molecule has 4 aliphatic rings. The number of sulfonamides is 1. The average molecular weight is 599 g/mol. The molecule has 1 amide bonds. The molecular formula is C30H42N6O5S. The van der Waals surface area contributed by atoms with Gasteiger partial charge in [-0.3, -0.25) is 4.79 Å². The number of pyridine rings is 1. The van der Waals surface area contributed by atoms with E-state index in [1.54, 1.807) is 19.1 Å². The quantitative estimate of drug-likeness (QED) is 0.420. The standard InChI is InChI=1S/C30H42N6O5S/c1-20(19-37)33-42(39,40)23-4-5-24(25(17-23)35-12-9-30(7-8-30)10-13-35)29(38)32-26-16-22-6-11-34(3)27(22)28(31-26)36-14-15-41-21(2)18-36/h4-5,16-17,20-21,33,37H,6-15,18-19H2,1-3H3,(H,31,32,38)/t20-,21-/m1/s1. The number of likely N-dealkylation sites (N-methyl/N-ethyl adjacent to an activating group) is 1. The molecule has 1 spiro atoms. The fourth-order valence-corrected chi connectivity index (χ4v) is 7.72. The molecule has 3 fully saturated rings. The number of carbonyl (C=O) groups excluding carboxylic acids is 1. The summed E-state index contributed by atoms with van der Waals surface area (Å²) in [5, 5.41) is 12.4. The summed E-state index contributed by atoms with van der Waals surface area (Å²) in [6.07, 6.45) is 5.52. The van der Waals surface area contributed by atoms with Gasteiger partial charge in [0.05, 0.1) is 41.2 Å². The van der Waals surface area contributed by atoms with Gasteiger partial charge in [0.2, 0.25) is 10.0 Å². The number of ether oxygens (including phenoxy) is 1. The SMILES string of the molecule is C[C@H](CO)NS(=O)(=O)c1ccc(C(=O)Nc2cc3c(c(N4CCO[C@H](C)C4)n2)N(C)CC3)c(N2CCC3(CC2)CC3)c1.